The van der Waals surface area contributed by atoms with E-state index in [-0.39, 0.29) is 11.3 Å². The van der Waals surface area contributed by atoms with Gasteiger partial charge in [-0.3, -0.25) is 0 Å². The van der Waals surface area contributed by atoms with Crippen molar-refractivity contribution in [3.05, 3.63) is 53.3 Å². The van der Waals surface area contributed by atoms with Crippen LogP contribution in [0.15, 0.2) is 36.4 Å². The topological polar surface area (TPSA) is 56.8 Å². The number of esters is 1. The summed E-state index contributed by atoms with van der Waals surface area (Å²) in [4.78, 5) is 12.1. The highest BCUT2D eigenvalue weighted by atomic mass is 19.1. The van der Waals surface area contributed by atoms with Crippen LogP contribution in [0.3, 0.4) is 0 Å². The molecule has 2 aromatic carbocycles. The first-order valence-electron chi connectivity index (χ1n) is 6.62. The molecular formula is C16H14FNO4. The lowest BCUT2D eigenvalue weighted by Gasteiger charge is -2.15. The fraction of sp³-hybridized carbons (Fsp3) is 0.188. The van der Waals surface area contributed by atoms with Gasteiger partial charge in [-0.2, -0.15) is 0 Å². The van der Waals surface area contributed by atoms with Gasteiger partial charge in [-0.15, -0.1) is 0 Å². The molecular weight excluding hydrogens is 289 g/mol. The fourth-order valence-corrected chi connectivity index (χ4v) is 2.43. The van der Waals surface area contributed by atoms with E-state index in [0.717, 1.165) is 0 Å². The maximum absolute atomic E-state index is 13.7. The number of hydrogen-bond donors (Lipinski definition) is 1. The van der Waals surface area contributed by atoms with Crippen LogP contribution in [-0.4, -0.2) is 20.2 Å². The second kappa shape index (κ2) is 5.55. The van der Waals surface area contributed by atoms with Crippen molar-refractivity contribution in [2.24, 2.45) is 0 Å². The number of anilines is 1. The van der Waals surface area contributed by atoms with Crippen molar-refractivity contribution in [3.8, 4) is 11.5 Å². The Labute approximate surface area is 126 Å². The molecule has 0 saturated heterocycles. The molecule has 0 spiro atoms. The minimum absolute atomic E-state index is 0.253. The fourth-order valence-electron chi connectivity index (χ4n) is 2.43. The second-order valence-corrected chi connectivity index (χ2v) is 4.67. The van der Waals surface area contributed by atoms with E-state index >= 15 is 0 Å². The van der Waals surface area contributed by atoms with E-state index in [1.54, 1.807) is 30.3 Å². The Balaban J connectivity index is 2.00. The standard InChI is InChI=1S/C16H14FNO4/c1-20-12-8-7-9-13(14(12)21-2)16(19)22-15(9)18-11-6-4-3-5-10(11)17/h3-8,15,18H,1-2H3. The number of fused-ring (bicyclic) bond motifs is 1. The number of rotatable bonds is 4. The van der Waals surface area contributed by atoms with Gasteiger partial charge < -0.3 is 19.5 Å². The molecule has 0 radical (unpaired) electrons. The predicted octanol–water partition coefficient (Wildman–Crippen LogP) is 3.12. The van der Waals surface area contributed by atoms with Crippen molar-refractivity contribution >= 4 is 11.7 Å². The third-order valence-corrected chi connectivity index (χ3v) is 3.45. The van der Waals surface area contributed by atoms with Crippen molar-refractivity contribution in [2.75, 3.05) is 19.5 Å². The maximum Gasteiger partial charge on any atom is 0.344 e. The number of carbonyl (C=O) groups is 1. The molecule has 1 N–H and O–H groups in total. The Hall–Kier alpha value is -2.76. The van der Waals surface area contributed by atoms with Gasteiger partial charge in [0.15, 0.2) is 11.5 Å². The summed E-state index contributed by atoms with van der Waals surface area (Å²) >= 11 is 0. The molecule has 0 aliphatic carbocycles. The van der Waals surface area contributed by atoms with Gasteiger partial charge in [0.25, 0.3) is 0 Å². The number of carbonyl (C=O) groups excluding carboxylic acids is 1. The number of hydrogen-bond acceptors (Lipinski definition) is 5. The zero-order valence-electron chi connectivity index (χ0n) is 12.1. The van der Waals surface area contributed by atoms with Crippen molar-refractivity contribution in [1.29, 1.82) is 0 Å². The molecule has 5 nitrogen and oxygen atoms in total. The zero-order chi connectivity index (χ0) is 15.7. The summed E-state index contributed by atoms with van der Waals surface area (Å²) in [6.07, 6.45) is -0.779. The van der Waals surface area contributed by atoms with Gasteiger partial charge in [-0.25, -0.2) is 9.18 Å². The molecule has 1 heterocycles. The molecule has 22 heavy (non-hydrogen) atoms. The van der Waals surface area contributed by atoms with Gasteiger partial charge in [0.05, 0.1) is 19.9 Å². The van der Waals surface area contributed by atoms with E-state index < -0.39 is 18.0 Å². The second-order valence-electron chi connectivity index (χ2n) is 4.67. The highest BCUT2D eigenvalue weighted by molar-refractivity contribution is 5.98. The lowest BCUT2D eigenvalue weighted by atomic mass is 10.1. The van der Waals surface area contributed by atoms with Gasteiger partial charge in [-0.05, 0) is 24.3 Å². The molecule has 2 aromatic rings. The van der Waals surface area contributed by atoms with Crippen LogP contribution in [-0.2, 0) is 4.74 Å². The van der Waals surface area contributed by atoms with Gasteiger partial charge in [0.2, 0.25) is 6.23 Å². The van der Waals surface area contributed by atoms with Crippen LogP contribution in [0.5, 0.6) is 11.5 Å². The Morgan fingerprint density at radius 2 is 1.91 bits per heavy atom. The van der Waals surface area contributed by atoms with Crippen LogP contribution in [0.2, 0.25) is 0 Å². The highest BCUT2D eigenvalue weighted by Gasteiger charge is 2.36. The number of para-hydroxylation sites is 1. The minimum Gasteiger partial charge on any atom is -0.493 e. The number of ether oxygens (including phenoxy) is 3. The lowest BCUT2D eigenvalue weighted by molar-refractivity contribution is 0.0434. The van der Waals surface area contributed by atoms with Gasteiger partial charge in [0, 0.05) is 5.56 Å². The summed E-state index contributed by atoms with van der Waals surface area (Å²) in [5.74, 6) is -0.223. The molecule has 0 amide bonds. The average molecular weight is 303 g/mol. The molecule has 0 saturated carbocycles. The molecule has 6 heteroatoms. The summed E-state index contributed by atoms with van der Waals surface area (Å²) in [6, 6.07) is 9.55. The average Bonchev–Trinajstić information content (AvgIpc) is 2.85. The van der Waals surface area contributed by atoms with Crippen LogP contribution < -0.4 is 14.8 Å². The Bertz CT molecular complexity index is 732. The Morgan fingerprint density at radius 1 is 1.14 bits per heavy atom. The Morgan fingerprint density at radius 3 is 2.59 bits per heavy atom. The van der Waals surface area contributed by atoms with Crippen LogP contribution in [0.4, 0.5) is 10.1 Å². The summed E-state index contributed by atoms with van der Waals surface area (Å²) in [6.45, 7) is 0. The quantitative estimate of drug-likeness (QED) is 0.879. The number of cyclic esters (lactones) is 1. The monoisotopic (exact) mass is 303 g/mol. The Kier molecular flexibility index (Phi) is 3.58. The molecule has 1 aliphatic heterocycles. The van der Waals surface area contributed by atoms with E-state index in [1.165, 1.54) is 20.3 Å². The lowest BCUT2D eigenvalue weighted by Crippen LogP contribution is -2.11. The zero-order valence-corrected chi connectivity index (χ0v) is 12.1. The van der Waals surface area contributed by atoms with E-state index in [4.69, 9.17) is 14.2 Å². The summed E-state index contributed by atoms with van der Waals surface area (Å²) in [7, 11) is 2.93. The van der Waals surface area contributed by atoms with E-state index in [0.29, 0.717) is 17.1 Å². The number of benzene rings is 2. The minimum atomic E-state index is -0.779. The molecule has 0 aromatic heterocycles. The molecule has 1 aliphatic rings. The van der Waals surface area contributed by atoms with E-state index in [9.17, 15) is 9.18 Å². The van der Waals surface area contributed by atoms with Crippen LogP contribution >= 0.6 is 0 Å². The maximum atomic E-state index is 13.7. The van der Waals surface area contributed by atoms with Crippen LogP contribution in [0, 0.1) is 5.82 Å². The van der Waals surface area contributed by atoms with Gasteiger partial charge in [-0.1, -0.05) is 12.1 Å². The van der Waals surface area contributed by atoms with Gasteiger partial charge >= 0.3 is 5.97 Å². The van der Waals surface area contributed by atoms with E-state index in [2.05, 4.69) is 5.32 Å². The smallest absolute Gasteiger partial charge is 0.344 e. The summed E-state index contributed by atoms with van der Waals surface area (Å²) in [5, 5.41) is 2.87. The van der Waals surface area contributed by atoms with Crippen molar-refractivity contribution < 1.29 is 23.4 Å². The van der Waals surface area contributed by atoms with Gasteiger partial charge in [0.1, 0.15) is 11.4 Å². The molecule has 0 bridgehead atoms. The predicted molar refractivity (Wildman–Crippen MR) is 77.7 cm³/mol. The SMILES string of the molecule is COc1ccc2c(c1OC)C(=O)OC2Nc1ccccc1F. The normalized spacial score (nSPS) is 16.0. The third kappa shape index (κ3) is 2.22. The van der Waals surface area contributed by atoms with E-state index in [1.807, 2.05) is 0 Å². The van der Waals surface area contributed by atoms with Crippen molar-refractivity contribution in [2.45, 2.75) is 6.23 Å². The van der Waals surface area contributed by atoms with Crippen molar-refractivity contribution in [1.82, 2.24) is 0 Å². The molecule has 3 rings (SSSR count). The largest absolute Gasteiger partial charge is 0.493 e. The third-order valence-electron chi connectivity index (χ3n) is 3.45. The molecule has 1 unspecified atom stereocenters. The highest BCUT2D eigenvalue weighted by Crippen LogP contribution is 2.42. The van der Waals surface area contributed by atoms with Crippen LogP contribution in [0.1, 0.15) is 22.1 Å². The first-order chi connectivity index (χ1) is 10.7. The molecule has 0 fully saturated rings. The first-order valence-corrected chi connectivity index (χ1v) is 6.62. The van der Waals surface area contributed by atoms with Crippen LogP contribution in [0.25, 0.3) is 0 Å². The molecule has 114 valence electrons. The summed E-state index contributed by atoms with van der Waals surface area (Å²) in [5.41, 5.74) is 1.12. The number of nitrogens with one attached hydrogen (secondary N) is 1. The number of methoxy groups -OCH3 is 2. The molecule has 1 atom stereocenters. The van der Waals surface area contributed by atoms with Crippen molar-refractivity contribution in [3.63, 3.8) is 0 Å². The summed E-state index contributed by atoms with van der Waals surface area (Å²) < 4.78 is 29.4. The first kappa shape index (κ1) is 14.2. The number of halogens is 1.